The van der Waals surface area contributed by atoms with Crippen molar-refractivity contribution in [3.8, 4) is 0 Å². The van der Waals surface area contributed by atoms with E-state index in [4.69, 9.17) is 4.99 Å². The number of nitrogens with one attached hydrogen (secondary N) is 1. The summed E-state index contributed by atoms with van der Waals surface area (Å²) >= 11 is 1.70. The van der Waals surface area contributed by atoms with Gasteiger partial charge >= 0.3 is 0 Å². The maximum absolute atomic E-state index is 12.8. The molecule has 0 atom stereocenters. The molecule has 1 saturated heterocycles. The van der Waals surface area contributed by atoms with Gasteiger partial charge in [-0.1, -0.05) is 66.7 Å². The number of nitrogens with zero attached hydrogens (tertiary/aromatic N) is 2. The number of aliphatic imine (C=N–C) groups is 1. The fraction of sp³-hybridized carbons (Fsp3) is 0.200. The summed E-state index contributed by atoms with van der Waals surface area (Å²) in [4.78, 5) is 20.1. The molecule has 0 saturated carbocycles. The molecule has 5 heteroatoms. The SMILES string of the molecule is O=C(NN1CCCCC1)c1ccc2c(c1)N=C(c1ccccc1)c1ccccc1S2. The Kier molecular flexibility index (Phi) is 5.39. The van der Waals surface area contributed by atoms with E-state index in [0.717, 1.165) is 53.4 Å². The van der Waals surface area contributed by atoms with Gasteiger partial charge in [0.2, 0.25) is 0 Å². The van der Waals surface area contributed by atoms with Crippen molar-refractivity contribution in [2.24, 2.45) is 4.99 Å². The molecule has 0 aromatic heterocycles. The highest BCUT2D eigenvalue weighted by Crippen LogP contribution is 2.41. The van der Waals surface area contributed by atoms with Gasteiger partial charge in [-0.25, -0.2) is 10.0 Å². The number of hydrogen-bond acceptors (Lipinski definition) is 4. The largest absolute Gasteiger partial charge is 0.285 e. The van der Waals surface area contributed by atoms with Crippen molar-refractivity contribution in [2.75, 3.05) is 13.1 Å². The number of hydrogen-bond donors (Lipinski definition) is 1. The molecule has 0 aliphatic carbocycles. The van der Waals surface area contributed by atoms with Crippen molar-refractivity contribution in [3.05, 3.63) is 89.5 Å². The summed E-state index contributed by atoms with van der Waals surface area (Å²) in [5, 5.41) is 2.03. The van der Waals surface area contributed by atoms with Gasteiger partial charge < -0.3 is 0 Å². The molecule has 3 aromatic carbocycles. The molecule has 5 rings (SSSR count). The fourth-order valence-electron chi connectivity index (χ4n) is 3.91. The zero-order valence-corrected chi connectivity index (χ0v) is 17.5. The van der Waals surface area contributed by atoms with Gasteiger partial charge in [0.05, 0.1) is 11.4 Å². The Balaban J connectivity index is 1.53. The van der Waals surface area contributed by atoms with E-state index >= 15 is 0 Å². The highest BCUT2D eigenvalue weighted by Gasteiger charge is 2.20. The Bertz CT molecular complexity index is 1100. The lowest BCUT2D eigenvalue weighted by molar-refractivity contribution is 0.0750. The van der Waals surface area contributed by atoms with E-state index in [1.807, 2.05) is 47.5 Å². The number of carbonyl (C=O) groups is 1. The Labute approximate surface area is 181 Å². The molecule has 1 amide bonds. The van der Waals surface area contributed by atoms with Crippen molar-refractivity contribution in [1.29, 1.82) is 0 Å². The van der Waals surface area contributed by atoms with Crippen LogP contribution < -0.4 is 5.43 Å². The Morgan fingerprint density at radius 1 is 0.867 bits per heavy atom. The standard InChI is InChI=1S/C25H23N3OS/c29-25(27-28-15-7-2-8-16-28)19-13-14-23-21(17-19)26-24(18-9-3-1-4-10-18)20-11-5-6-12-22(20)30-23/h1,3-6,9-14,17H,2,7-8,15-16H2,(H,27,29). The highest BCUT2D eigenvalue weighted by atomic mass is 32.2. The molecule has 0 radical (unpaired) electrons. The molecule has 30 heavy (non-hydrogen) atoms. The second-order valence-electron chi connectivity index (χ2n) is 7.60. The minimum Gasteiger partial charge on any atom is -0.285 e. The van der Waals surface area contributed by atoms with Crippen LogP contribution in [0.15, 0.2) is 87.6 Å². The number of rotatable bonds is 3. The third-order valence-corrected chi connectivity index (χ3v) is 6.62. The zero-order chi connectivity index (χ0) is 20.3. The third-order valence-electron chi connectivity index (χ3n) is 5.48. The molecular weight excluding hydrogens is 390 g/mol. The lowest BCUT2D eigenvalue weighted by Gasteiger charge is -2.26. The zero-order valence-electron chi connectivity index (χ0n) is 16.7. The highest BCUT2D eigenvalue weighted by molar-refractivity contribution is 7.99. The van der Waals surface area contributed by atoms with Gasteiger partial charge in [0.1, 0.15) is 0 Å². The summed E-state index contributed by atoms with van der Waals surface area (Å²) in [6.45, 7) is 1.83. The summed E-state index contributed by atoms with van der Waals surface area (Å²) in [6, 6.07) is 24.4. The molecule has 2 aliphatic heterocycles. The topological polar surface area (TPSA) is 44.7 Å². The normalized spacial score (nSPS) is 16.1. The Morgan fingerprint density at radius 3 is 2.47 bits per heavy atom. The van der Waals surface area contributed by atoms with Gasteiger partial charge in [-0.2, -0.15) is 0 Å². The molecule has 150 valence electrons. The molecule has 4 nitrogen and oxygen atoms in total. The third kappa shape index (κ3) is 3.91. The van der Waals surface area contributed by atoms with Crippen LogP contribution in [0.25, 0.3) is 0 Å². The van der Waals surface area contributed by atoms with E-state index < -0.39 is 0 Å². The van der Waals surface area contributed by atoms with Crippen LogP contribution >= 0.6 is 11.8 Å². The molecule has 0 spiro atoms. The first kappa shape index (κ1) is 19.1. The van der Waals surface area contributed by atoms with Gasteiger partial charge in [0.15, 0.2) is 0 Å². The second-order valence-corrected chi connectivity index (χ2v) is 8.68. The van der Waals surface area contributed by atoms with Crippen LogP contribution in [0.3, 0.4) is 0 Å². The van der Waals surface area contributed by atoms with Gasteiger partial charge in [0.25, 0.3) is 5.91 Å². The Morgan fingerprint density at radius 2 is 1.63 bits per heavy atom. The summed E-state index contributed by atoms with van der Waals surface area (Å²) in [5.41, 5.74) is 7.65. The average molecular weight is 414 g/mol. The number of fused-ring (bicyclic) bond motifs is 2. The molecule has 0 unspecified atom stereocenters. The summed E-state index contributed by atoms with van der Waals surface area (Å²) in [5.74, 6) is -0.0667. The number of piperidine rings is 1. The molecule has 1 N–H and O–H groups in total. The lowest BCUT2D eigenvalue weighted by Crippen LogP contribution is -2.45. The minimum absolute atomic E-state index is 0.0667. The molecule has 2 heterocycles. The van der Waals surface area contributed by atoms with Crippen LogP contribution in [0.2, 0.25) is 0 Å². The van der Waals surface area contributed by atoms with E-state index in [2.05, 4.69) is 35.8 Å². The van der Waals surface area contributed by atoms with Crippen LogP contribution in [0.4, 0.5) is 5.69 Å². The summed E-state index contributed by atoms with van der Waals surface area (Å²) in [7, 11) is 0. The van der Waals surface area contributed by atoms with Crippen molar-refractivity contribution in [1.82, 2.24) is 10.4 Å². The number of hydrazine groups is 1. The van der Waals surface area contributed by atoms with Crippen molar-refractivity contribution in [2.45, 2.75) is 29.1 Å². The van der Waals surface area contributed by atoms with E-state index in [0.29, 0.717) is 5.56 Å². The fourth-order valence-corrected chi connectivity index (χ4v) is 4.92. The van der Waals surface area contributed by atoms with Crippen LogP contribution in [-0.4, -0.2) is 29.7 Å². The molecule has 1 fully saturated rings. The van der Waals surface area contributed by atoms with E-state index in [9.17, 15) is 4.79 Å². The average Bonchev–Trinajstić information content (AvgIpc) is 2.96. The number of benzene rings is 3. The molecule has 3 aromatic rings. The molecule has 2 aliphatic rings. The van der Waals surface area contributed by atoms with Gasteiger partial charge in [-0.05, 0) is 37.1 Å². The van der Waals surface area contributed by atoms with Crippen LogP contribution in [0.5, 0.6) is 0 Å². The quantitative estimate of drug-likeness (QED) is 0.486. The summed E-state index contributed by atoms with van der Waals surface area (Å²) in [6.07, 6.45) is 3.49. The smallest absolute Gasteiger partial charge is 0.265 e. The first-order chi connectivity index (χ1) is 14.8. The van der Waals surface area contributed by atoms with Crippen molar-refractivity contribution < 1.29 is 4.79 Å². The second kappa shape index (κ2) is 8.46. The monoisotopic (exact) mass is 413 g/mol. The van der Waals surface area contributed by atoms with E-state index in [-0.39, 0.29) is 5.91 Å². The van der Waals surface area contributed by atoms with Gasteiger partial charge in [-0.3, -0.25) is 10.2 Å². The summed E-state index contributed by atoms with van der Waals surface area (Å²) < 4.78 is 0. The van der Waals surface area contributed by atoms with E-state index in [1.165, 1.54) is 11.3 Å². The Hall–Kier alpha value is -2.89. The molecule has 0 bridgehead atoms. The van der Waals surface area contributed by atoms with E-state index in [1.54, 1.807) is 11.8 Å². The maximum atomic E-state index is 12.8. The molecular formula is C25H23N3OS. The number of amides is 1. The first-order valence-corrected chi connectivity index (χ1v) is 11.2. The van der Waals surface area contributed by atoms with Crippen LogP contribution in [-0.2, 0) is 0 Å². The lowest BCUT2D eigenvalue weighted by atomic mass is 10.0. The maximum Gasteiger partial charge on any atom is 0.265 e. The van der Waals surface area contributed by atoms with Crippen molar-refractivity contribution >= 4 is 29.1 Å². The number of carbonyl (C=O) groups excluding carboxylic acids is 1. The van der Waals surface area contributed by atoms with Gasteiger partial charge in [-0.15, -0.1) is 0 Å². The van der Waals surface area contributed by atoms with Crippen LogP contribution in [0.1, 0.15) is 40.7 Å². The van der Waals surface area contributed by atoms with Gasteiger partial charge in [0, 0.05) is 39.6 Å². The first-order valence-electron chi connectivity index (χ1n) is 10.4. The predicted molar refractivity (Wildman–Crippen MR) is 122 cm³/mol. The minimum atomic E-state index is -0.0667. The predicted octanol–water partition coefficient (Wildman–Crippen LogP) is 5.45. The van der Waals surface area contributed by atoms with Crippen molar-refractivity contribution in [3.63, 3.8) is 0 Å². The van der Waals surface area contributed by atoms with Crippen LogP contribution in [0, 0.1) is 0 Å².